The molecule has 2 aromatic heterocycles. The third-order valence-corrected chi connectivity index (χ3v) is 7.10. The first-order valence-corrected chi connectivity index (χ1v) is 12.7. The summed E-state index contributed by atoms with van der Waals surface area (Å²) >= 11 is 0. The summed E-state index contributed by atoms with van der Waals surface area (Å²) in [5.41, 5.74) is 3.15. The van der Waals surface area contributed by atoms with Crippen molar-refractivity contribution in [2.75, 3.05) is 54.4 Å². The van der Waals surface area contributed by atoms with Crippen LogP contribution in [0.2, 0.25) is 0 Å². The van der Waals surface area contributed by atoms with E-state index in [2.05, 4.69) is 20.2 Å². The SMILES string of the molecule is Cn1ncc2c(Nc3cccc(C(=O)N4CCN(c5ccc(F)cc5)CC4)c3)nc(N3CCCC3)nc21. The second-order valence-corrected chi connectivity index (χ2v) is 9.53. The molecule has 1 N–H and O–H groups in total. The molecular formula is C27H29FN8O. The number of rotatable bonds is 5. The largest absolute Gasteiger partial charge is 0.368 e. The van der Waals surface area contributed by atoms with Gasteiger partial charge in [-0.15, -0.1) is 0 Å². The van der Waals surface area contributed by atoms with Gasteiger partial charge in [-0.25, -0.2) is 4.39 Å². The normalized spacial score (nSPS) is 16.0. The average molecular weight is 501 g/mol. The van der Waals surface area contributed by atoms with E-state index in [4.69, 9.17) is 9.97 Å². The Kier molecular flexibility index (Phi) is 6.07. The second kappa shape index (κ2) is 9.68. The number of carbonyl (C=O) groups is 1. The van der Waals surface area contributed by atoms with Gasteiger partial charge in [0.15, 0.2) is 5.65 Å². The number of piperazine rings is 1. The number of hydrogen-bond acceptors (Lipinski definition) is 7. The summed E-state index contributed by atoms with van der Waals surface area (Å²) in [5.74, 6) is 1.12. The smallest absolute Gasteiger partial charge is 0.254 e. The maximum atomic E-state index is 13.3. The molecule has 4 aromatic rings. The van der Waals surface area contributed by atoms with E-state index in [0.717, 1.165) is 48.3 Å². The van der Waals surface area contributed by atoms with Crippen molar-refractivity contribution in [1.29, 1.82) is 0 Å². The van der Waals surface area contributed by atoms with E-state index in [9.17, 15) is 9.18 Å². The van der Waals surface area contributed by atoms with Crippen LogP contribution in [0.1, 0.15) is 23.2 Å². The summed E-state index contributed by atoms with van der Waals surface area (Å²) in [7, 11) is 1.88. The van der Waals surface area contributed by atoms with Crippen LogP contribution in [0.5, 0.6) is 0 Å². The minimum Gasteiger partial charge on any atom is -0.368 e. The number of nitrogens with zero attached hydrogens (tertiary/aromatic N) is 7. The molecule has 4 heterocycles. The fraction of sp³-hybridized carbons (Fsp3) is 0.333. The van der Waals surface area contributed by atoms with Crippen LogP contribution in [0.4, 0.5) is 27.5 Å². The molecule has 190 valence electrons. The maximum absolute atomic E-state index is 13.3. The molecule has 37 heavy (non-hydrogen) atoms. The number of halogens is 1. The van der Waals surface area contributed by atoms with E-state index in [0.29, 0.717) is 43.5 Å². The summed E-state index contributed by atoms with van der Waals surface area (Å²) in [6.45, 7) is 4.51. The lowest BCUT2D eigenvalue weighted by Gasteiger charge is -2.36. The van der Waals surface area contributed by atoms with Gasteiger partial charge >= 0.3 is 0 Å². The molecule has 6 rings (SSSR count). The highest BCUT2D eigenvalue weighted by Gasteiger charge is 2.23. The van der Waals surface area contributed by atoms with Crippen LogP contribution in [-0.4, -0.2) is 69.8 Å². The zero-order valence-corrected chi connectivity index (χ0v) is 20.8. The highest BCUT2D eigenvalue weighted by Crippen LogP contribution is 2.28. The van der Waals surface area contributed by atoms with Crippen LogP contribution in [0.25, 0.3) is 11.0 Å². The van der Waals surface area contributed by atoms with E-state index in [1.807, 2.05) is 36.2 Å². The summed E-state index contributed by atoms with van der Waals surface area (Å²) < 4.78 is 15.0. The number of nitrogens with one attached hydrogen (secondary N) is 1. The number of aryl methyl sites for hydroxylation is 1. The number of hydrogen-bond donors (Lipinski definition) is 1. The van der Waals surface area contributed by atoms with Crippen molar-refractivity contribution in [1.82, 2.24) is 24.6 Å². The van der Waals surface area contributed by atoms with Crippen LogP contribution in [0.3, 0.4) is 0 Å². The summed E-state index contributed by atoms with van der Waals surface area (Å²) in [6.07, 6.45) is 4.04. The van der Waals surface area contributed by atoms with Gasteiger partial charge < -0.3 is 20.0 Å². The Balaban J connectivity index is 1.19. The summed E-state index contributed by atoms with van der Waals surface area (Å²) in [6, 6.07) is 14.0. The van der Waals surface area contributed by atoms with Crippen molar-refractivity contribution in [2.45, 2.75) is 12.8 Å². The minimum atomic E-state index is -0.246. The highest BCUT2D eigenvalue weighted by molar-refractivity contribution is 5.96. The van der Waals surface area contributed by atoms with Gasteiger partial charge in [-0.2, -0.15) is 15.1 Å². The van der Waals surface area contributed by atoms with Gasteiger partial charge in [-0.05, 0) is 55.3 Å². The molecule has 2 saturated heterocycles. The topological polar surface area (TPSA) is 82.4 Å². The second-order valence-electron chi connectivity index (χ2n) is 9.53. The molecule has 0 radical (unpaired) electrons. The van der Waals surface area contributed by atoms with Crippen molar-refractivity contribution in [3.63, 3.8) is 0 Å². The van der Waals surface area contributed by atoms with Gasteiger partial charge in [0.05, 0.1) is 11.6 Å². The lowest BCUT2D eigenvalue weighted by atomic mass is 10.1. The molecule has 0 unspecified atom stereocenters. The van der Waals surface area contributed by atoms with Gasteiger partial charge in [0.2, 0.25) is 5.95 Å². The summed E-state index contributed by atoms with van der Waals surface area (Å²) in [4.78, 5) is 29.1. The van der Waals surface area contributed by atoms with Gasteiger partial charge in [-0.3, -0.25) is 9.48 Å². The van der Waals surface area contributed by atoms with Crippen LogP contribution in [0.15, 0.2) is 54.7 Å². The number of benzene rings is 2. The van der Waals surface area contributed by atoms with Gasteiger partial charge in [0, 0.05) is 63.3 Å². The zero-order chi connectivity index (χ0) is 25.4. The van der Waals surface area contributed by atoms with Crippen molar-refractivity contribution >= 4 is 40.1 Å². The molecular weight excluding hydrogens is 471 g/mol. The molecule has 0 aliphatic carbocycles. The molecule has 0 atom stereocenters. The predicted molar refractivity (Wildman–Crippen MR) is 142 cm³/mol. The lowest BCUT2D eigenvalue weighted by molar-refractivity contribution is 0.0747. The number of aromatic nitrogens is 4. The number of amides is 1. The molecule has 2 fully saturated rings. The van der Waals surface area contributed by atoms with Gasteiger partial charge in [0.25, 0.3) is 5.91 Å². The maximum Gasteiger partial charge on any atom is 0.254 e. The third kappa shape index (κ3) is 4.66. The first-order chi connectivity index (χ1) is 18.0. The van der Waals surface area contributed by atoms with Crippen molar-refractivity contribution in [3.05, 3.63) is 66.1 Å². The third-order valence-electron chi connectivity index (χ3n) is 7.10. The summed E-state index contributed by atoms with van der Waals surface area (Å²) in [5, 5.41) is 8.62. The molecule has 1 amide bonds. The first-order valence-electron chi connectivity index (χ1n) is 12.7. The molecule has 2 aromatic carbocycles. The zero-order valence-electron chi connectivity index (χ0n) is 20.8. The fourth-order valence-corrected chi connectivity index (χ4v) is 5.03. The van der Waals surface area contributed by atoms with E-state index in [-0.39, 0.29) is 11.7 Å². The van der Waals surface area contributed by atoms with Crippen molar-refractivity contribution in [3.8, 4) is 0 Å². The Bertz CT molecular complexity index is 1420. The molecule has 0 spiro atoms. The predicted octanol–water partition coefficient (Wildman–Crippen LogP) is 3.81. The van der Waals surface area contributed by atoms with Crippen molar-refractivity contribution < 1.29 is 9.18 Å². The molecule has 0 bridgehead atoms. The quantitative estimate of drug-likeness (QED) is 0.446. The Morgan fingerprint density at radius 2 is 1.68 bits per heavy atom. The van der Waals surface area contributed by atoms with Crippen LogP contribution >= 0.6 is 0 Å². The number of fused-ring (bicyclic) bond motifs is 1. The first kappa shape index (κ1) is 23.2. The van der Waals surface area contributed by atoms with Crippen LogP contribution in [-0.2, 0) is 7.05 Å². The number of anilines is 4. The molecule has 2 aliphatic rings. The van der Waals surface area contributed by atoms with E-state index in [1.54, 1.807) is 23.0 Å². The Labute approximate surface area is 214 Å². The molecule has 9 nitrogen and oxygen atoms in total. The minimum absolute atomic E-state index is 0.00521. The fourth-order valence-electron chi connectivity index (χ4n) is 5.03. The van der Waals surface area contributed by atoms with Crippen molar-refractivity contribution in [2.24, 2.45) is 7.05 Å². The van der Waals surface area contributed by atoms with E-state index in [1.165, 1.54) is 12.1 Å². The van der Waals surface area contributed by atoms with E-state index < -0.39 is 0 Å². The Hall–Kier alpha value is -4.21. The van der Waals surface area contributed by atoms with Gasteiger partial charge in [0.1, 0.15) is 11.6 Å². The monoisotopic (exact) mass is 500 g/mol. The standard InChI is InChI=1S/C27H29FN8O/c1-33-25-23(18-29-33)24(31-27(32-25)36-11-2-3-12-36)30-21-6-4-5-19(17-21)26(37)35-15-13-34(14-16-35)22-9-7-20(28)8-10-22/h4-10,17-18H,2-3,11-16H2,1H3,(H,30,31,32). The van der Waals surface area contributed by atoms with Crippen LogP contribution in [0, 0.1) is 5.82 Å². The van der Waals surface area contributed by atoms with Crippen LogP contribution < -0.4 is 15.1 Å². The Morgan fingerprint density at radius 1 is 0.919 bits per heavy atom. The lowest BCUT2D eigenvalue weighted by Crippen LogP contribution is -2.48. The Morgan fingerprint density at radius 3 is 2.43 bits per heavy atom. The molecule has 2 aliphatic heterocycles. The molecule has 10 heteroatoms. The average Bonchev–Trinajstić information content (AvgIpc) is 3.60. The number of carbonyl (C=O) groups excluding carboxylic acids is 1. The van der Waals surface area contributed by atoms with E-state index >= 15 is 0 Å². The van der Waals surface area contributed by atoms with Gasteiger partial charge in [-0.1, -0.05) is 6.07 Å². The molecule has 0 saturated carbocycles. The highest BCUT2D eigenvalue weighted by atomic mass is 19.1.